The Bertz CT molecular complexity index is 5230. The molecule has 4 aliphatic carbocycles. The van der Waals surface area contributed by atoms with E-state index < -0.39 is 0 Å². The average molecular weight is 1320 g/mol. The van der Waals surface area contributed by atoms with Gasteiger partial charge in [0.2, 0.25) is 0 Å². The van der Waals surface area contributed by atoms with Gasteiger partial charge in [-0.25, -0.2) is 0 Å². The monoisotopic (exact) mass is 1310 g/mol. The molecule has 0 N–H and O–H groups in total. The van der Waals surface area contributed by atoms with Crippen molar-refractivity contribution in [2.24, 2.45) is 0 Å². The normalized spacial score (nSPS) is 16.2. The smallest absolute Gasteiger partial charge is 0.0542 e. The third kappa shape index (κ3) is 10.5. The van der Waals surface area contributed by atoms with Crippen LogP contribution in [0.3, 0.4) is 0 Å². The van der Waals surface area contributed by atoms with E-state index in [0.717, 1.165) is 35.6 Å². The maximum atomic E-state index is 2.65. The molecule has 0 heterocycles. The first-order chi connectivity index (χ1) is 47.9. The maximum Gasteiger partial charge on any atom is 0.0542 e. The van der Waals surface area contributed by atoms with Crippen molar-refractivity contribution < 1.29 is 0 Å². The summed E-state index contributed by atoms with van der Waals surface area (Å²) in [7, 11) is 0. The highest BCUT2D eigenvalue weighted by Gasteiger charge is 2.44. The molecule has 0 saturated carbocycles. The number of para-hydroxylation sites is 1. The summed E-state index contributed by atoms with van der Waals surface area (Å²) in [5.74, 6) is 0. The Morgan fingerprint density at radius 3 is 1.07 bits per heavy atom. The average Bonchev–Trinajstić information content (AvgIpc) is 1.63. The van der Waals surface area contributed by atoms with Gasteiger partial charge in [-0.15, -0.1) is 0 Å². The van der Waals surface area contributed by atoms with E-state index in [1.54, 1.807) is 0 Å². The van der Waals surface area contributed by atoms with Gasteiger partial charge in [-0.2, -0.15) is 0 Å². The molecule has 12 aromatic carbocycles. The fourth-order valence-electron chi connectivity index (χ4n) is 18.5. The summed E-state index contributed by atoms with van der Waals surface area (Å²) in [6.45, 7) is 43.0. The highest BCUT2D eigenvalue weighted by Crippen LogP contribution is 2.59. The van der Waals surface area contributed by atoms with Gasteiger partial charge in [0, 0.05) is 55.5 Å². The zero-order valence-electron chi connectivity index (χ0n) is 62.9. The lowest BCUT2D eigenvalue weighted by atomic mass is 9.70. The van der Waals surface area contributed by atoms with Gasteiger partial charge in [0.1, 0.15) is 0 Å². The molecule has 101 heavy (non-hydrogen) atoms. The molecule has 0 radical (unpaired) electrons. The summed E-state index contributed by atoms with van der Waals surface area (Å²) >= 11 is 0. The summed E-state index contributed by atoms with van der Waals surface area (Å²) in [6, 6.07) is 94.8. The van der Waals surface area contributed by atoms with E-state index in [4.69, 9.17) is 0 Å². The third-order valence-electron chi connectivity index (χ3n) is 24.5. The number of nitrogens with zero attached hydrogens (tertiary/aromatic N) is 2. The van der Waals surface area contributed by atoms with Crippen molar-refractivity contribution in [2.75, 3.05) is 9.80 Å². The second-order valence-electron chi connectivity index (χ2n) is 34.7. The molecule has 0 fully saturated rings. The van der Waals surface area contributed by atoms with Crippen molar-refractivity contribution in [2.45, 2.75) is 175 Å². The first-order valence-electron chi connectivity index (χ1n) is 37.0. The van der Waals surface area contributed by atoms with Crippen LogP contribution in [-0.4, -0.2) is 0 Å². The number of hydrogen-bond donors (Lipinski definition) is 0. The van der Waals surface area contributed by atoms with E-state index >= 15 is 0 Å². The van der Waals surface area contributed by atoms with Crippen LogP contribution >= 0.6 is 0 Å². The molecule has 1 atom stereocenters. The van der Waals surface area contributed by atoms with E-state index in [2.05, 4.69) is 377 Å². The lowest BCUT2D eigenvalue weighted by molar-refractivity contribution is 0.397. The minimum atomic E-state index is -0.328. The third-order valence-corrected chi connectivity index (χ3v) is 24.5. The standard InChI is InChI=1S/C99H98N2/c1-61-51-62(2)92(63(3)52-61)81-33-23-28-38-90(81)100(68-40-45-77-73-29-19-24-34-82(73)96(12,13)86(77)57-68)71-43-48-80-76-32-22-27-37-85(76)99(18,89(80)60-71)50-49-95(10,11)65-39-44-72(64-53-66(93(4,5)6)55-67(54-64)94(7,8)9)91(56-65)101(69-41-46-78-74-30-20-25-35-83(74)97(14,15)87(78)58-69)70-42-47-79-75-31-21-26-36-84(75)98(16,17)88(79)59-70/h19-48,51-60H,49-50H2,1-18H3. The van der Waals surface area contributed by atoms with Crippen LogP contribution in [0.2, 0.25) is 0 Å². The number of fused-ring (bicyclic) bond motifs is 12. The molecule has 0 amide bonds. The number of anilines is 6. The Morgan fingerprint density at radius 1 is 0.287 bits per heavy atom. The Kier molecular flexibility index (Phi) is 15.1. The molecule has 0 spiro atoms. The molecule has 12 aromatic rings. The molecule has 504 valence electrons. The van der Waals surface area contributed by atoms with E-state index in [9.17, 15) is 0 Å². The van der Waals surface area contributed by atoms with Crippen LogP contribution in [0.25, 0.3) is 66.8 Å². The predicted molar refractivity (Wildman–Crippen MR) is 432 cm³/mol. The largest absolute Gasteiger partial charge is 0.310 e. The van der Waals surface area contributed by atoms with Crippen LogP contribution in [0, 0.1) is 20.8 Å². The van der Waals surface area contributed by atoms with Crippen LogP contribution in [0.1, 0.15) is 195 Å². The highest BCUT2D eigenvalue weighted by molar-refractivity contribution is 5.96. The fourth-order valence-corrected chi connectivity index (χ4v) is 18.5. The Hall–Kier alpha value is -9.76. The molecular weight excluding hydrogens is 1220 g/mol. The molecule has 1 unspecified atom stereocenters. The number of aryl methyl sites for hydroxylation is 3. The summed E-state index contributed by atoms with van der Waals surface area (Å²) in [5.41, 5.74) is 40.1. The first kappa shape index (κ1) is 65.8. The number of hydrogen-bond acceptors (Lipinski definition) is 2. The van der Waals surface area contributed by atoms with Crippen LogP contribution in [-0.2, 0) is 37.9 Å². The lowest BCUT2D eigenvalue weighted by Crippen LogP contribution is -2.27. The van der Waals surface area contributed by atoms with Gasteiger partial charge in [0.25, 0.3) is 0 Å². The van der Waals surface area contributed by atoms with Crippen LogP contribution in [0.5, 0.6) is 0 Å². The Balaban J connectivity index is 0.862. The predicted octanol–water partition coefficient (Wildman–Crippen LogP) is 27.4. The van der Waals surface area contributed by atoms with Gasteiger partial charge in [-0.3, -0.25) is 0 Å². The van der Waals surface area contributed by atoms with Crippen molar-refractivity contribution in [3.63, 3.8) is 0 Å². The van der Waals surface area contributed by atoms with Gasteiger partial charge in [0.15, 0.2) is 0 Å². The molecule has 16 rings (SSSR count). The molecule has 2 heteroatoms. The lowest BCUT2D eigenvalue weighted by Gasteiger charge is -2.36. The second kappa shape index (κ2) is 23.1. The van der Waals surface area contributed by atoms with Crippen molar-refractivity contribution in [3.05, 3.63) is 321 Å². The van der Waals surface area contributed by atoms with E-state index in [1.807, 2.05) is 0 Å². The van der Waals surface area contributed by atoms with Gasteiger partial charge in [-0.1, -0.05) is 291 Å². The Labute approximate surface area is 602 Å². The first-order valence-corrected chi connectivity index (χ1v) is 37.0. The second-order valence-corrected chi connectivity index (χ2v) is 34.7. The highest BCUT2D eigenvalue weighted by atomic mass is 15.2. The minimum Gasteiger partial charge on any atom is -0.310 e. The molecule has 4 aliphatic rings. The Morgan fingerprint density at radius 2 is 0.634 bits per heavy atom. The van der Waals surface area contributed by atoms with Gasteiger partial charge in [-0.05, 0) is 238 Å². The molecule has 0 aliphatic heterocycles. The summed E-state index contributed by atoms with van der Waals surface area (Å²) in [5, 5.41) is 0. The topological polar surface area (TPSA) is 6.48 Å². The van der Waals surface area contributed by atoms with E-state index in [-0.39, 0.29) is 37.9 Å². The summed E-state index contributed by atoms with van der Waals surface area (Å²) in [6.07, 6.45) is 1.87. The zero-order chi connectivity index (χ0) is 70.8. The number of rotatable bonds is 12. The van der Waals surface area contributed by atoms with Crippen molar-refractivity contribution >= 4 is 34.1 Å². The van der Waals surface area contributed by atoms with E-state index in [0.29, 0.717) is 0 Å². The molecule has 0 aromatic heterocycles. The molecule has 2 nitrogen and oxygen atoms in total. The maximum absolute atomic E-state index is 2.65. The van der Waals surface area contributed by atoms with Crippen molar-refractivity contribution in [1.29, 1.82) is 0 Å². The van der Waals surface area contributed by atoms with Crippen molar-refractivity contribution in [1.82, 2.24) is 0 Å². The quantitative estimate of drug-likeness (QED) is 0.120. The minimum absolute atomic E-state index is 0.0816. The van der Waals surface area contributed by atoms with Crippen LogP contribution in [0.15, 0.2) is 243 Å². The van der Waals surface area contributed by atoms with Gasteiger partial charge >= 0.3 is 0 Å². The molecule has 0 bridgehead atoms. The van der Waals surface area contributed by atoms with Crippen LogP contribution in [0.4, 0.5) is 34.1 Å². The summed E-state index contributed by atoms with van der Waals surface area (Å²) in [4.78, 5) is 5.23. The fraction of sp³-hybridized carbons (Fsp3) is 0.273. The van der Waals surface area contributed by atoms with E-state index in [1.165, 1.54) is 156 Å². The van der Waals surface area contributed by atoms with Crippen LogP contribution < -0.4 is 9.80 Å². The zero-order valence-corrected chi connectivity index (χ0v) is 62.9. The summed E-state index contributed by atoms with van der Waals surface area (Å²) < 4.78 is 0. The molecule has 0 saturated heterocycles. The van der Waals surface area contributed by atoms with Gasteiger partial charge in [0.05, 0.1) is 11.4 Å². The van der Waals surface area contributed by atoms with Crippen molar-refractivity contribution in [3.8, 4) is 66.8 Å². The SMILES string of the molecule is Cc1cc(C)c(-c2ccccc2N(c2ccc3c(c2)C(C)(C)c2ccccc2-3)c2ccc3c(c2)C(C)(CCC(C)(C)c2ccc(-c4cc(C(C)(C)C)cc(C(C)(C)C)c4)c(N(c4ccc5c(c4)C(C)(C)c4ccccc4-5)c4ccc5c(c4)C(C)(C)c4ccccc4-5)c2)c2ccccc2-3)c(C)c1. The number of benzene rings is 12. The molecular formula is C99H98N2. The van der Waals surface area contributed by atoms with Gasteiger partial charge < -0.3 is 9.80 Å².